The number of hydrogen-bond donors (Lipinski definition) is 1. The van der Waals surface area contributed by atoms with E-state index in [9.17, 15) is 19.5 Å². The zero-order valence-electron chi connectivity index (χ0n) is 17.2. The molecule has 0 radical (unpaired) electrons. The van der Waals surface area contributed by atoms with E-state index in [2.05, 4.69) is 24.3 Å². The molecule has 2 aliphatic carbocycles. The average molecular weight is 419 g/mol. The molecule has 1 heterocycles. The van der Waals surface area contributed by atoms with E-state index >= 15 is 0 Å². The second-order valence-corrected chi connectivity index (χ2v) is 8.85. The van der Waals surface area contributed by atoms with Crippen molar-refractivity contribution in [3.63, 3.8) is 0 Å². The Labute approximate surface area is 180 Å². The minimum atomic E-state index is -1.04. The van der Waals surface area contributed by atoms with Crippen LogP contribution >= 0.6 is 0 Å². The van der Waals surface area contributed by atoms with E-state index in [0.717, 1.165) is 22.3 Å². The second-order valence-electron chi connectivity index (χ2n) is 8.85. The summed E-state index contributed by atoms with van der Waals surface area (Å²) < 4.78 is 5.72. The van der Waals surface area contributed by atoms with Crippen molar-refractivity contribution in [2.45, 2.75) is 37.6 Å². The SMILES string of the molecule is O=C1CC[C@@H]2CN(C(=O)OCC3c4ccccc4-c4ccccc43)[C@@H](C(=O)O)C[C@H]2C1. The number of aliphatic carboxylic acids is 1. The largest absolute Gasteiger partial charge is 0.480 e. The van der Waals surface area contributed by atoms with Crippen LogP contribution in [0.4, 0.5) is 4.79 Å². The number of rotatable bonds is 3. The van der Waals surface area contributed by atoms with Crippen molar-refractivity contribution in [2.75, 3.05) is 13.2 Å². The smallest absolute Gasteiger partial charge is 0.410 e. The van der Waals surface area contributed by atoms with Crippen molar-refractivity contribution in [3.8, 4) is 11.1 Å². The summed E-state index contributed by atoms with van der Waals surface area (Å²) in [5.74, 6) is -0.705. The standard InChI is InChI=1S/C25H25NO5/c27-17-10-9-15-13-26(23(24(28)29)12-16(15)11-17)25(30)31-14-22-20-7-3-1-5-18(20)19-6-2-4-8-21(19)22/h1-8,15-16,22-23H,9-14H2,(H,28,29)/t15-,16-,23-/m1/s1. The number of benzene rings is 2. The lowest BCUT2D eigenvalue weighted by Crippen LogP contribution is -2.54. The number of piperidine rings is 1. The van der Waals surface area contributed by atoms with Crippen molar-refractivity contribution in [2.24, 2.45) is 11.8 Å². The number of Topliss-reactive ketones (excluding diaryl/α,β-unsaturated/α-hetero) is 1. The number of carbonyl (C=O) groups excluding carboxylic acids is 2. The number of ketones is 1. The molecule has 0 bridgehead atoms. The molecule has 6 heteroatoms. The Balaban J connectivity index is 1.33. The molecular weight excluding hydrogens is 394 g/mol. The third-order valence-corrected chi connectivity index (χ3v) is 7.14. The van der Waals surface area contributed by atoms with Crippen LogP contribution in [0.25, 0.3) is 11.1 Å². The molecule has 0 unspecified atom stereocenters. The topological polar surface area (TPSA) is 83.9 Å². The van der Waals surface area contributed by atoms with Crippen LogP contribution in [0.15, 0.2) is 48.5 Å². The van der Waals surface area contributed by atoms with E-state index in [0.29, 0.717) is 32.2 Å². The fourth-order valence-electron chi connectivity index (χ4n) is 5.57. The van der Waals surface area contributed by atoms with Gasteiger partial charge in [0.15, 0.2) is 0 Å². The lowest BCUT2D eigenvalue weighted by Gasteiger charge is -2.43. The summed E-state index contributed by atoms with van der Waals surface area (Å²) in [5.41, 5.74) is 4.54. The van der Waals surface area contributed by atoms with Crippen LogP contribution in [0.5, 0.6) is 0 Å². The van der Waals surface area contributed by atoms with Gasteiger partial charge in [-0.25, -0.2) is 9.59 Å². The number of carboxylic acids is 1. The van der Waals surface area contributed by atoms with Crippen LogP contribution in [0.3, 0.4) is 0 Å². The first-order valence-electron chi connectivity index (χ1n) is 10.9. The quantitative estimate of drug-likeness (QED) is 0.810. The third-order valence-electron chi connectivity index (χ3n) is 7.14. The van der Waals surface area contributed by atoms with Gasteiger partial charge in [-0.3, -0.25) is 9.69 Å². The first-order valence-corrected chi connectivity index (χ1v) is 10.9. The number of fused-ring (bicyclic) bond motifs is 4. The summed E-state index contributed by atoms with van der Waals surface area (Å²) in [6.45, 7) is 0.508. The molecule has 3 atom stereocenters. The number of likely N-dealkylation sites (tertiary alicyclic amines) is 1. The molecule has 1 saturated carbocycles. The highest BCUT2D eigenvalue weighted by Crippen LogP contribution is 2.45. The van der Waals surface area contributed by atoms with Crippen molar-refractivity contribution in [1.82, 2.24) is 4.90 Å². The van der Waals surface area contributed by atoms with Gasteiger partial charge >= 0.3 is 12.1 Å². The predicted molar refractivity (Wildman–Crippen MR) is 114 cm³/mol. The van der Waals surface area contributed by atoms with Gasteiger partial charge in [0.2, 0.25) is 0 Å². The Bertz CT molecular complexity index is 1000. The number of amides is 1. The summed E-state index contributed by atoms with van der Waals surface area (Å²) in [4.78, 5) is 38.1. The molecule has 6 nitrogen and oxygen atoms in total. The van der Waals surface area contributed by atoms with Gasteiger partial charge in [-0.1, -0.05) is 48.5 Å². The van der Waals surface area contributed by atoms with Crippen molar-refractivity contribution in [1.29, 1.82) is 0 Å². The van der Waals surface area contributed by atoms with E-state index in [1.54, 1.807) is 0 Å². The van der Waals surface area contributed by atoms with Gasteiger partial charge in [-0.15, -0.1) is 0 Å². The van der Waals surface area contributed by atoms with Gasteiger partial charge in [-0.2, -0.15) is 0 Å². The van der Waals surface area contributed by atoms with Gasteiger partial charge in [0.05, 0.1) is 0 Å². The summed E-state index contributed by atoms with van der Waals surface area (Å²) >= 11 is 0. The number of ether oxygens (including phenoxy) is 1. The minimum absolute atomic E-state index is 0.0417. The van der Waals surface area contributed by atoms with Gasteiger partial charge < -0.3 is 9.84 Å². The highest BCUT2D eigenvalue weighted by molar-refractivity contribution is 5.83. The molecule has 3 aliphatic rings. The van der Waals surface area contributed by atoms with Gasteiger partial charge in [0.25, 0.3) is 0 Å². The molecular formula is C25H25NO5. The Morgan fingerprint density at radius 1 is 1.00 bits per heavy atom. The number of hydrogen-bond acceptors (Lipinski definition) is 4. The van der Waals surface area contributed by atoms with Gasteiger partial charge in [-0.05, 0) is 46.9 Å². The lowest BCUT2D eigenvalue weighted by atomic mass is 9.72. The van der Waals surface area contributed by atoms with Crippen LogP contribution in [-0.2, 0) is 14.3 Å². The highest BCUT2D eigenvalue weighted by Gasteiger charge is 2.44. The average Bonchev–Trinajstić information content (AvgIpc) is 3.10. The molecule has 0 spiro atoms. The normalized spacial score (nSPS) is 24.8. The van der Waals surface area contributed by atoms with Crippen LogP contribution < -0.4 is 0 Å². The molecule has 5 rings (SSSR count). The van der Waals surface area contributed by atoms with Gasteiger partial charge in [0.1, 0.15) is 18.4 Å². The molecule has 160 valence electrons. The molecule has 2 aromatic rings. The molecule has 2 fully saturated rings. The summed E-state index contributed by atoms with van der Waals surface area (Å²) in [6.07, 6.45) is 1.38. The van der Waals surface area contributed by atoms with Crippen LogP contribution in [0.2, 0.25) is 0 Å². The van der Waals surface area contributed by atoms with Crippen molar-refractivity contribution >= 4 is 17.8 Å². The first kappa shape index (κ1) is 19.8. The van der Waals surface area contributed by atoms with E-state index < -0.39 is 18.1 Å². The van der Waals surface area contributed by atoms with E-state index in [4.69, 9.17) is 4.74 Å². The number of nitrogens with zero attached hydrogens (tertiary/aromatic N) is 1. The van der Waals surface area contributed by atoms with E-state index in [1.807, 2.05) is 24.3 Å². The van der Waals surface area contributed by atoms with Gasteiger partial charge in [0, 0.05) is 25.3 Å². The predicted octanol–water partition coefficient (Wildman–Crippen LogP) is 4.08. The molecule has 0 aromatic heterocycles. The fourth-order valence-corrected chi connectivity index (χ4v) is 5.57. The maximum absolute atomic E-state index is 13.0. The van der Waals surface area contributed by atoms with Crippen LogP contribution in [0, 0.1) is 11.8 Å². The molecule has 1 N–H and O–H groups in total. The maximum Gasteiger partial charge on any atom is 0.410 e. The minimum Gasteiger partial charge on any atom is -0.480 e. The molecule has 31 heavy (non-hydrogen) atoms. The van der Waals surface area contributed by atoms with E-state index in [-0.39, 0.29) is 30.1 Å². The van der Waals surface area contributed by atoms with Crippen molar-refractivity contribution < 1.29 is 24.2 Å². The summed E-state index contributed by atoms with van der Waals surface area (Å²) in [6, 6.07) is 15.3. The molecule has 1 aliphatic heterocycles. The zero-order valence-corrected chi connectivity index (χ0v) is 17.2. The highest BCUT2D eigenvalue weighted by atomic mass is 16.6. The number of carbonyl (C=O) groups is 3. The summed E-state index contributed by atoms with van der Waals surface area (Å²) in [7, 11) is 0. The third kappa shape index (κ3) is 3.50. The Morgan fingerprint density at radius 3 is 2.29 bits per heavy atom. The molecule has 1 saturated heterocycles. The Morgan fingerprint density at radius 2 is 1.65 bits per heavy atom. The zero-order chi connectivity index (χ0) is 21.5. The molecule has 1 amide bonds. The first-order chi connectivity index (χ1) is 15.0. The molecule has 2 aromatic carbocycles. The monoisotopic (exact) mass is 419 g/mol. The summed E-state index contributed by atoms with van der Waals surface area (Å²) in [5, 5.41) is 9.72. The fraction of sp³-hybridized carbons (Fsp3) is 0.400. The lowest BCUT2D eigenvalue weighted by molar-refractivity contribution is -0.147. The Hall–Kier alpha value is -3.15. The second kappa shape index (κ2) is 7.84. The van der Waals surface area contributed by atoms with E-state index in [1.165, 1.54) is 4.90 Å². The van der Waals surface area contributed by atoms with Crippen LogP contribution in [0.1, 0.15) is 42.7 Å². The Kier molecular flexibility index (Phi) is 5.00. The number of carboxylic acid groups (broad SMARTS) is 1. The van der Waals surface area contributed by atoms with Crippen molar-refractivity contribution in [3.05, 3.63) is 59.7 Å². The van der Waals surface area contributed by atoms with Crippen LogP contribution in [-0.4, -0.2) is 47.0 Å². The maximum atomic E-state index is 13.0.